The molecule has 1 atom stereocenters. The lowest BCUT2D eigenvalue weighted by Gasteiger charge is -2.22. The smallest absolute Gasteiger partial charge is 0.223 e. The molecule has 1 aromatic rings. The highest BCUT2D eigenvalue weighted by Gasteiger charge is 2.14. The molecule has 1 amide bonds. The number of rotatable bonds is 6. The van der Waals surface area contributed by atoms with Gasteiger partial charge in [-0.25, -0.2) is 0 Å². The number of benzene rings is 1. The predicted molar refractivity (Wildman–Crippen MR) is 81.6 cm³/mol. The van der Waals surface area contributed by atoms with Crippen LogP contribution in [-0.4, -0.2) is 18.1 Å². The summed E-state index contributed by atoms with van der Waals surface area (Å²) in [7, 11) is 0. The van der Waals surface area contributed by atoms with Crippen LogP contribution in [0.25, 0.3) is 0 Å². The molecule has 3 N–H and O–H groups in total. The molecule has 0 aliphatic carbocycles. The number of nitrogens with one attached hydrogen (secondary N) is 1. The predicted octanol–water partition coefficient (Wildman–Crippen LogP) is 2.38. The maximum Gasteiger partial charge on any atom is 0.223 e. The number of carbonyl (C=O) groups is 1. The molecule has 0 aliphatic heterocycles. The van der Waals surface area contributed by atoms with E-state index in [9.17, 15) is 4.79 Å². The van der Waals surface area contributed by atoms with Crippen LogP contribution in [0.15, 0.2) is 18.2 Å². The van der Waals surface area contributed by atoms with Gasteiger partial charge in [0.15, 0.2) is 0 Å². The zero-order valence-electron chi connectivity index (χ0n) is 13.1. The fourth-order valence-electron chi connectivity index (χ4n) is 1.71. The number of carbonyl (C=O) groups excluding carboxylic acids is 1. The Hall–Kier alpha value is -1.55. The normalized spacial score (nSPS) is 13.1. The Labute approximate surface area is 121 Å². The van der Waals surface area contributed by atoms with Crippen LogP contribution < -0.4 is 15.8 Å². The summed E-state index contributed by atoms with van der Waals surface area (Å²) in [6.45, 7) is 11.2. The minimum atomic E-state index is -0.340. The molecule has 0 aliphatic rings. The molecule has 0 fully saturated rings. The number of aryl methyl sites for hydroxylation is 1. The Balaban J connectivity index is 2.80. The van der Waals surface area contributed by atoms with Crippen LogP contribution in [0, 0.1) is 12.8 Å². The molecule has 0 heterocycles. The van der Waals surface area contributed by atoms with Crippen molar-refractivity contribution in [2.75, 3.05) is 6.61 Å². The van der Waals surface area contributed by atoms with Crippen LogP contribution in [0.1, 0.15) is 38.8 Å². The van der Waals surface area contributed by atoms with Gasteiger partial charge in [-0.2, -0.15) is 0 Å². The molecular formula is C16H26N2O2. The first-order valence-electron chi connectivity index (χ1n) is 6.96. The summed E-state index contributed by atoms with van der Waals surface area (Å²) in [5.74, 6) is 0.211. The van der Waals surface area contributed by atoms with Gasteiger partial charge in [-0.05, 0) is 33.3 Å². The molecule has 0 spiro atoms. The van der Waals surface area contributed by atoms with Gasteiger partial charge in [-0.3, -0.25) is 4.79 Å². The lowest BCUT2D eigenvalue weighted by molar-refractivity contribution is -0.122. The van der Waals surface area contributed by atoms with Gasteiger partial charge in [0.1, 0.15) is 5.75 Å². The average molecular weight is 278 g/mol. The summed E-state index contributed by atoms with van der Waals surface area (Å²) >= 11 is 0. The third kappa shape index (κ3) is 5.21. The van der Waals surface area contributed by atoms with Crippen molar-refractivity contribution in [3.8, 4) is 5.75 Å². The van der Waals surface area contributed by atoms with Crippen molar-refractivity contribution in [2.45, 2.75) is 46.7 Å². The Morgan fingerprint density at radius 3 is 2.60 bits per heavy atom. The van der Waals surface area contributed by atoms with E-state index in [1.165, 1.54) is 0 Å². The van der Waals surface area contributed by atoms with E-state index in [4.69, 9.17) is 10.5 Å². The van der Waals surface area contributed by atoms with E-state index in [0.717, 1.165) is 23.4 Å². The second-order valence-electron chi connectivity index (χ2n) is 6.28. The van der Waals surface area contributed by atoms with Crippen LogP contribution in [0.2, 0.25) is 0 Å². The number of primary amides is 1. The largest absolute Gasteiger partial charge is 0.492 e. The Bertz CT molecular complexity index is 464. The fraction of sp³-hybridized carbons (Fsp3) is 0.562. The third-order valence-electron chi connectivity index (χ3n) is 3.07. The van der Waals surface area contributed by atoms with Crippen molar-refractivity contribution in [1.82, 2.24) is 5.32 Å². The van der Waals surface area contributed by atoms with Gasteiger partial charge in [-0.1, -0.05) is 25.1 Å². The number of amides is 1. The van der Waals surface area contributed by atoms with Crippen LogP contribution in [-0.2, 0) is 11.3 Å². The molecule has 0 saturated carbocycles. The van der Waals surface area contributed by atoms with Gasteiger partial charge in [-0.15, -0.1) is 0 Å². The number of nitrogens with two attached hydrogens (primary N) is 1. The van der Waals surface area contributed by atoms with E-state index >= 15 is 0 Å². The van der Waals surface area contributed by atoms with Crippen LogP contribution in [0.4, 0.5) is 0 Å². The topological polar surface area (TPSA) is 64.3 Å². The summed E-state index contributed by atoms with van der Waals surface area (Å²) in [6.07, 6.45) is 0. The van der Waals surface area contributed by atoms with E-state index in [0.29, 0.717) is 6.61 Å². The van der Waals surface area contributed by atoms with Gasteiger partial charge in [0.2, 0.25) is 5.91 Å². The number of ether oxygens (including phenoxy) is 1. The van der Waals surface area contributed by atoms with E-state index in [1.54, 1.807) is 6.92 Å². The van der Waals surface area contributed by atoms with E-state index in [-0.39, 0.29) is 17.4 Å². The van der Waals surface area contributed by atoms with Crippen molar-refractivity contribution >= 4 is 5.91 Å². The van der Waals surface area contributed by atoms with Crippen LogP contribution >= 0.6 is 0 Å². The molecule has 4 nitrogen and oxygen atoms in total. The van der Waals surface area contributed by atoms with E-state index in [2.05, 4.69) is 26.1 Å². The maximum atomic E-state index is 11.1. The van der Waals surface area contributed by atoms with Gasteiger partial charge in [0, 0.05) is 17.6 Å². The zero-order chi connectivity index (χ0) is 15.3. The van der Waals surface area contributed by atoms with E-state index in [1.807, 2.05) is 25.1 Å². The first kappa shape index (κ1) is 16.5. The first-order chi connectivity index (χ1) is 9.20. The standard InChI is InChI=1S/C16H26N2O2/c1-11-7-6-8-13(9-18-16(3,4)5)14(11)20-10-12(2)15(17)19/h6-8,12,18H,9-10H2,1-5H3,(H2,17,19). The fourth-order valence-corrected chi connectivity index (χ4v) is 1.71. The third-order valence-corrected chi connectivity index (χ3v) is 3.07. The number of para-hydroxylation sites is 1. The highest BCUT2D eigenvalue weighted by molar-refractivity contribution is 5.76. The van der Waals surface area contributed by atoms with Crippen LogP contribution in [0.5, 0.6) is 5.75 Å². The van der Waals surface area contributed by atoms with E-state index < -0.39 is 0 Å². The molecule has 4 heteroatoms. The second kappa shape index (κ2) is 6.75. The molecule has 1 aromatic carbocycles. The van der Waals surface area contributed by atoms with Crippen molar-refractivity contribution in [3.63, 3.8) is 0 Å². The summed E-state index contributed by atoms with van der Waals surface area (Å²) in [6, 6.07) is 6.06. The maximum absolute atomic E-state index is 11.1. The Kier molecular flexibility index (Phi) is 5.57. The summed E-state index contributed by atoms with van der Waals surface area (Å²) in [5.41, 5.74) is 7.46. The van der Waals surface area contributed by atoms with Crippen molar-refractivity contribution in [3.05, 3.63) is 29.3 Å². The minimum absolute atomic E-state index is 0.0432. The van der Waals surface area contributed by atoms with Gasteiger partial charge in [0.25, 0.3) is 0 Å². The molecule has 0 bridgehead atoms. The highest BCUT2D eigenvalue weighted by atomic mass is 16.5. The van der Waals surface area contributed by atoms with Crippen molar-refractivity contribution in [1.29, 1.82) is 0 Å². The number of hydrogen-bond donors (Lipinski definition) is 2. The SMILES string of the molecule is Cc1cccc(CNC(C)(C)C)c1OCC(C)C(N)=O. The van der Waals surface area contributed by atoms with Crippen molar-refractivity contribution < 1.29 is 9.53 Å². The molecule has 0 radical (unpaired) electrons. The van der Waals surface area contributed by atoms with Crippen molar-refractivity contribution in [2.24, 2.45) is 11.7 Å². The Morgan fingerprint density at radius 2 is 2.05 bits per heavy atom. The minimum Gasteiger partial charge on any atom is -0.492 e. The average Bonchev–Trinajstić information content (AvgIpc) is 2.33. The van der Waals surface area contributed by atoms with Gasteiger partial charge >= 0.3 is 0 Å². The number of hydrogen-bond acceptors (Lipinski definition) is 3. The second-order valence-corrected chi connectivity index (χ2v) is 6.28. The molecule has 1 rings (SSSR count). The summed E-state index contributed by atoms with van der Waals surface area (Å²) in [4.78, 5) is 11.1. The van der Waals surface area contributed by atoms with Gasteiger partial charge < -0.3 is 15.8 Å². The molecular weight excluding hydrogens is 252 g/mol. The first-order valence-corrected chi connectivity index (χ1v) is 6.96. The zero-order valence-corrected chi connectivity index (χ0v) is 13.1. The summed E-state index contributed by atoms with van der Waals surface area (Å²) < 4.78 is 5.82. The molecule has 1 unspecified atom stereocenters. The Morgan fingerprint density at radius 1 is 1.40 bits per heavy atom. The quantitative estimate of drug-likeness (QED) is 0.839. The molecule has 112 valence electrons. The van der Waals surface area contributed by atoms with Gasteiger partial charge in [0.05, 0.1) is 12.5 Å². The lowest BCUT2D eigenvalue weighted by Crippen LogP contribution is -2.35. The van der Waals surface area contributed by atoms with Crippen LogP contribution in [0.3, 0.4) is 0 Å². The monoisotopic (exact) mass is 278 g/mol. The highest BCUT2D eigenvalue weighted by Crippen LogP contribution is 2.24. The summed E-state index contributed by atoms with van der Waals surface area (Å²) in [5, 5.41) is 3.44. The molecule has 0 aromatic heterocycles. The lowest BCUT2D eigenvalue weighted by atomic mass is 10.1. The molecule has 0 saturated heterocycles. The molecule has 20 heavy (non-hydrogen) atoms.